The maximum atomic E-state index is 12.7. The summed E-state index contributed by atoms with van der Waals surface area (Å²) in [6, 6.07) is 9.64. The van der Waals surface area contributed by atoms with Crippen molar-refractivity contribution < 1.29 is 9.90 Å². The highest BCUT2D eigenvalue weighted by Crippen LogP contribution is 2.44. The van der Waals surface area contributed by atoms with Crippen LogP contribution < -0.4 is 10.6 Å². The van der Waals surface area contributed by atoms with Gasteiger partial charge in [-0.15, -0.1) is 0 Å². The van der Waals surface area contributed by atoms with E-state index in [1.807, 2.05) is 24.3 Å². The van der Waals surface area contributed by atoms with Crippen molar-refractivity contribution in [2.75, 3.05) is 19.7 Å². The van der Waals surface area contributed by atoms with Crippen molar-refractivity contribution in [2.24, 2.45) is 11.3 Å². The summed E-state index contributed by atoms with van der Waals surface area (Å²) in [5.41, 5.74) is 0.254. The van der Waals surface area contributed by atoms with E-state index >= 15 is 0 Å². The van der Waals surface area contributed by atoms with Gasteiger partial charge in [-0.1, -0.05) is 44.5 Å². The minimum atomic E-state index is -0.740. The smallest absolute Gasteiger partial charge is 0.237 e. The Balaban J connectivity index is 2.26. The van der Waals surface area contributed by atoms with Gasteiger partial charge in [0.2, 0.25) is 5.91 Å². The summed E-state index contributed by atoms with van der Waals surface area (Å²) in [6.45, 7) is 7.80. The van der Waals surface area contributed by atoms with Crippen LogP contribution >= 0.6 is 11.6 Å². The van der Waals surface area contributed by atoms with Crippen LogP contribution in [0.5, 0.6) is 0 Å². The van der Waals surface area contributed by atoms with Crippen molar-refractivity contribution in [1.29, 1.82) is 5.26 Å². The number of amides is 1. The van der Waals surface area contributed by atoms with Crippen LogP contribution in [0.3, 0.4) is 0 Å². The molecule has 1 fully saturated rings. The normalized spacial score (nSPS) is 25.1. The Labute approximate surface area is 173 Å². The fourth-order valence-electron chi connectivity index (χ4n) is 4.06. The maximum absolute atomic E-state index is 12.7. The molecule has 3 atom stereocenters. The molecule has 1 aliphatic heterocycles. The number of aliphatic hydroxyl groups excluding tert-OH is 1. The number of unbranched alkanes of at least 4 members (excludes halogenated alkanes) is 1. The lowest BCUT2D eigenvalue weighted by molar-refractivity contribution is -0.124. The van der Waals surface area contributed by atoms with Crippen LogP contribution in [0.1, 0.15) is 52.0 Å². The molecule has 1 saturated heterocycles. The second kappa shape index (κ2) is 9.73. The molecule has 0 aromatic heterocycles. The molecule has 0 spiro atoms. The molecule has 3 N–H and O–H groups in total. The highest BCUT2D eigenvalue weighted by Gasteiger charge is 2.48. The lowest BCUT2D eigenvalue weighted by Gasteiger charge is -2.45. The molecule has 1 aromatic carbocycles. The molecule has 1 amide bonds. The van der Waals surface area contributed by atoms with Crippen LogP contribution in [0.4, 0.5) is 0 Å². The number of benzene rings is 1. The van der Waals surface area contributed by atoms with Gasteiger partial charge in [0.15, 0.2) is 0 Å². The Kier molecular flexibility index (Phi) is 7.88. The quantitative estimate of drug-likeness (QED) is 0.607. The Morgan fingerprint density at radius 2 is 2.04 bits per heavy atom. The molecule has 3 unspecified atom stereocenters. The number of nitriles is 1. The van der Waals surface area contributed by atoms with E-state index in [1.165, 1.54) is 0 Å². The van der Waals surface area contributed by atoms with Gasteiger partial charge in [0, 0.05) is 24.7 Å². The summed E-state index contributed by atoms with van der Waals surface area (Å²) in [6.07, 6.45) is 2.71. The number of aliphatic hydroxyl groups is 1. The van der Waals surface area contributed by atoms with Crippen LogP contribution in [-0.2, 0) is 10.2 Å². The molecule has 28 heavy (non-hydrogen) atoms. The van der Waals surface area contributed by atoms with E-state index in [0.717, 1.165) is 18.4 Å². The number of rotatable bonds is 7. The number of carbonyl (C=O) groups is 1. The van der Waals surface area contributed by atoms with Crippen LogP contribution in [-0.4, -0.2) is 36.8 Å². The van der Waals surface area contributed by atoms with Gasteiger partial charge in [0.1, 0.15) is 0 Å². The molecule has 0 aliphatic carbocycles. The zero-order chi connectivity index (χ0) is 20.8. The summed E-state index contributed by atoms with van der Waals surface area (Å²) < 4.78 is 0. The van der Waals surface area contributed by atoms with E-state index in [1.54, 1.807) is 0 Å². The van der Waals surface area contributed by atoms with Gasteiger partial charge in [-0.3, -0.25) is 4.79 Å². The first-order valence-corrected chi connectivity index (χ1v) is 10.4. The van der Waals surface area contributed by atoms with Crippen molar-refractivity contribution in [1.82, 2.24) is 10.6 Å². The largest absolute Gasteiger partial charge is 0.396 e. The van der Waals surface area contributed by atoms with Crippen molar-refractivity contribution in [2.45, 2.75) is 57.9 Å². The van der Waals surface area contributed by atoms with Crippen molar-refractivity contribution >= 4 is 17.5 Å². The van der Waals surface area contributed by atoms with Crippen molar-refractivity contribution in [3.05, 3.63) is 34.9 Å². The number of nitrogens with one attached hydrogen (secondary N) is 2. The lowest BCUT2D eigenvalue weighted by Crippen LogP contribution is -2.58. The highest BCUT2D eigenvalue weighted by molar-refractivity contribution is 6.30. The Morgan fingerprint density at radius 3 is 2.61 bits per heavy atom. The minimum absolute atomic E-state index is 0.0697. The predicted molar refractivity (Wildman–Crippen MR) is 112 cm³/mol. The minimum Gasteiger partial charge on any atom is -0.396 e. The van der Waals surface area contributed by atoms with Gasteiger partial charge >= 0.3 is 0 Å². The Hall–Kier alpha value is -1.61. The Bertz CT molecular complexity index is 693. The molecule has 0 saturated carbocycles. The molecule has 2 rings (SSSR count). The molecule has 5 nitrogen and oxygen atoms in total. The molecule has 0 radical (unpaired) electrons. The van der Waals surface area contributed by atoms with Gasteiger partial charge in [0.05, 0.1) is 17.5 Å². The fourth-order valence-corrected chi connectivity index (χ4v) is 4.19. The predicted octanol–water partition coefficient (Wildman–Crippen LogP) is 3.40. The molecule has 0 bridgehead atoms. The zero-order valence-electron chi connectivity index (χ0n) is 17.1. The first-order chi connectivity index (χ1) is 13.2. The van der Waals surface area contributed by atoms with Gasteiger partial charge in [-0.25, -0.2) is 0 Å². The first kappa shape index (κ1) is 22.7. The van der Waals surface area contributed by atoms with E-state index < -0.39 is 11.5 Å². The molecular weight excluding hydrogens is 374 g/mol. The molecular formula is C22H32ClN3O2. The average molecular weight is 406 g/mol. The van der Waals surface area contributed by atoms with E-state index in [0.29, 0.717) is 31.0 Å². The van der Waals surface area contributed by atoms with E-state index in [-0.39, 0.29) is 23.8 Å². The van der Waals surface area contributed by atoms with Crippen LogP contribution in [0.15, 0.2) is 24.3 Å². The highest BCUT2D eigenvalue weighted by atomic mass is 35.5. The second-order valence-electron chi connectivity index (χ2n) is 8.94. The van der Waals surface area contributed by atoms with E-state index in [9.17, 15) is 10.1 Å². The van der Waals surface area contributed by atoms with Crippen LogP contribution in [0.2, 0.25) is 5.02 Å². The monoisotopic (exact) mass is 405 g/mol. The number of hydrogen-bond acceptors (Lipinski definition) is 4. The summed E-state index contributed by atoms with van der Waals surface area (Å²) in [5.74, 6) is 0.0119. The summed E-state index contributed by atoms with van der Waals surface area (Å²) in [4.78, 5) is 12.7. The number of hydrogen-bond donors (Lipinski definition) is 3. The number of carbonyl (C=O) groups excluding carboxylic acids is 1. The number of nitrogens with zero attached hydrogens (tertiary/aromatic N) is 1. The number of halogens is 1. The van der Waals surface area contributed by atoms with Gasteiger partial charge < -0.3 is 15.7 Å². The van der Waals surface area contributed by atoms with E-state index in [2.05, 4.69) is 37.5 Å². The summed E-state index contributed by atoms with van der Waals surface area (Å²) in [7, 11) is 0. The maximum Gasteiger partial charge on any atom is 0.237 e. The molecule has 1 heterocycles. The van der Waals surface area contributed by atoms with Gasteiger partial charge in [0.25, 0.3) is 0 Å². The third-order valence-corrected chi connectivity index (χ3v) is 5.70. The molecule has 154 valence electrons. The first-order valence-electron chi connectivity index (χ1n) is 10.0. The SMILES string of the molecule is CC(C)(C)CC1CNC(C(=O)NCCCCO)CC1(C#N)c1ccc(Cl)cc1. The van der Waals surface area contributed by atoms with Crippen molar-refractivity contribution in [3.63, 3.8) is 0 Å². The average Bonchev–Trinajstić information content (AvgIpc) is 2.65. The van der Waals surface area contributed by atoms with E-state index in [4.69, 9.17) is 16.7 Å². The fraction of sp³-hybridized carbons (Fsp3) is 0.636. The van der Waals surface area contributed by atoms with Gasteiger partial charge in [-0.05, 0) is 54.7 Å². The second-order valence-corrected chi connectivity index (χ2v) is 9.37. The van der Waals surface area contributed by atoms with Crippen LogP contribution in [0, 0.1) is 22.7 Å². The third kappa shape index (κ3) is 5.70. The topological polar surface area (TPSA) is 85.2 Å². The third-order valence-electron chi connectivity index (χ3n) is 5.45. The lowest BCUT2D eigenvalue weighted by atomic mass is 9.61. The standard InChI is InChI=1S/C22H32ClN3O2/c1-21(2,3)12-17-14-26-19(20(28)25-10-4-5-11-27)13-22(17,15-24)16-6-8-18(23)9-7-16/h6-9,17,19,26-27H,4-5,10-14H2,1-3H3,(H,25,28). The molecule has 1 aliphatic rings. The summed E-state index contributed by atoms with van der Waals surface area (Å²) in [5, 5.41) is 26.1. The zero-order valence-corrected chi connectivity index (χ0v) is 17.9. The summed E-state index contributed by atoms with van der Waals surface area (Å²) >= 11 is 6.07. The molecule has 6 heteroatoms. The van der Waals surface area contributed by atoms with Crippen LogP contribution in [0.25, 0.3) is 0 Å². The number of piperidine rings is 1. The molecule has 1 aromatic rings. The van der Waals surface area contributed by atoms with Crippen molar-refractivity contribution in [3.8, 4) is 6.07 Å². The van der Waals surface area contributed by atoms with Gasteiger partial charge in [-0.2, -0.15) is 5.26 Å². The Morgan fingerprint density at radius 1 is 1.36 bits per heavy atom.